The molecule has 42 heavy (non-hydrogen) atoms. The zero-order valence-corrected chi connectivity index (χ0v) is 25.6. The van der Waals surface area contributed by atoms with Crippen LogP contribution in [0, 0.1) is 10.7 Å². The molecule has 0 aliphatic carbocycles. The minimum Gasteiger partial charge on any atom is -0.481 e. The summed E-state index contributed by atoms with van der Waals surface area (Å²) in [5.41, 5.74) is -0.136. The molecule has 0 atom stereocenters. The number of carbonyl (C=O) groups excluding carboxylic acids is 1. The summed E-state index contributed by atoms with van der Waals surface area (Å²) in [6, 6.07) is 7.58. The van der Waals surface area contributed by atoms with Gasteiger partial charge in [-0.15, -0.1) is 0 Å². The molecule has 0 spiro atoms. The predicted molar refractivity (Wildman–Crippen MR) is 170 cm³/mol. The van der Waals surface area contributed by atoms with E-state index in [2.05, 4.69) is 53.3 Å². The van der Waals surface area contributed by atoms with Gasteiger partial charge in [0.15, 0.2) is 5.11 Å². The fourth-order valence-corrected chi connectivity index (χ4v) is 5.67. The Balaban J connectivity index is 1.67. The molecule has 1 aromatic carbocycles. The number of fused-ring (bicyclic) bond motifs is 15. The van der Waals surface area contributed by atoms with E-state index < -0.39 is 17.0 Å². The third-order valence-corrected chi connectivity index (χ3v) is 7.87. The SMILES string of the molecule is N#CSc1ccc(NC(=S)NC23CNCCNCC(NC(=O)CCCC(=O)O)(CNCCNC2)CNCCNC3)cc1. The number of benzene rings is 1. The van der Waals surface area contributed by atoms with Crippen LogP contribution < -0.4 is 47.9 Å². The molecule has 3 aliphatic rings. The average molecular weight is 621 g/mol. The zero-order chi connectivity index (χ0) is 30.1. The largest absolute Gasteiger partial charge is 0.481 e. The number of carbonyl (C=O) groups is 2. The number of anilines is 1. The molecule has 1 amide bonds. The number of rotatable bonds is 8. The summed E-state index contributed by atoms with van der Waals surface area (Å²) in [6.45, 7) is 7.87. The van der Waals surface area contributed by atoms with Crippen LogP contribution in [0.2, 0.25) is 0 Å². The number of thiocyanates is 1. The lowest BCUT2D eigenvalue weighted by Gasteiger charge is -2.39. The van der Waals surface area contributed by atoms with Crippen molar-refractivity contribution in [1.82, 2.24) is 42.5 Å². The van der Waals surface area contributed by atoms with Gasteiger partial charge in [-0.3, -0.25) is 9.59 Å². The van der Waals surface area contributed by atoms with E-state index in [-0.39, 0.29) is 18.7 Å². The van der Waals surface area contributed by atoms with E-state index >= 15 is 0 Å². The number of thioether (sulfide) groups is 1. The molecule has 0 radical (unpaired) electrons. The zero-order valence-electron chi connectivity index (χ0n) is 23.9. The fourth-order valence-electron chi connectivity index (χ4n) is 4.96. The topological polar surface area (TPSA) is 186 Å². The van der Waals surface area contributed by atoms with E-state index in [4.69, 9.17) is 22.6 Å². The van der Waals surface area contributed by atoms with Crippen molar-refractivity contribution in [2.24, 2.45) is 0 Å². The highest BCUT2D eigenvalue weighted by Gasteiger charge is 2.33. The fraction of sp³-hybridized carbons (Fsp3) is 0.630. The quantitative estimate of drug-likeness (QED) is 0.0965. The Morgan fingerprint density at radius 3 is 1.69 bits per heavy atom. The van der Waals surface area contributed by atoms with Gasteiger partial charge >= 0.3 is 5.97 Å². The van der Waals surface area contributed by atoms with E-state index in [1.54, 1.807) is 0 Å². The van der Waals surface area contributed by atoms with Crippen LogP contribution in [0.5, 0.6) is 0 Å². The number of aliphatic carboxylic acids is 1. The highest BCUT2D eigenvalue weighted by atomic mass is 32.2. The standard InChI is InChI=1S/C27H44N10O3S2/c28-20-42-22-6-4-21(5-7-22)35-25(41)37-27-17-32-11-8-29-14-26(15-30-9-12-33-18-27,16-31-10-13-34-19-27)36-23(38)2-1-3-24(39)40/h4-7,29-34H,1-3,8-19H2,(H,36,38)(H,39,40)(H2,35,37,41). The summed E-state index contributed by atoms with van der Waals surface area (Å²) in [5.74, 6) is -1.04. The van der Waals surface area contributed by atoms with Crippen molar-refractivity contribution in [3.05, 3.63) is 24.3 Å². The van der Waals surface area contributed by atoms with Crippen molar-refractivity contribution in [2.75, 3.05) is 83.9 Å². The number of nitrogens with zero attached hydrogens (tertiary/aromatic N) is 1. The molecule has 3 aliphatic heterocycles. The number of hydrogen-bond acceptors (Lipinski definition) is 11. The number of nitriles is 1. The molecule has 0 saturated carbocycles. The molecular weight excluding hydrogens is 576 g/mol. The van der Waals surface area contributed by atoms with Crippen molar-refractivity contribution in [1.29, 1.82) is 5.26 Å². The van der Waals surface area contributed by atoms with E-state index in [0.29, 0.717) is 90.1 Å². The number of thiocarbonyl (C=S) groups is 1. The Labute approximate surface area is 257 Å². The highest BCUT2D eigenvalue weighted by molar-refractivity contribution is 8.03. The molecule has 13 nitrogen and oxygen atoms in total. The molecule has 232 valence electrons. The third kappa shape index (κ3) is 12.4. The van der Waals surface area contributed by atoms with E-state index in [1.807, 2.05) is 24.3 Å². The van der Waals surface area contributed by atoms with Gasteiger partial charge in [0.05, 0.1) is 11.1 Å². The van der Waals surface area contributed by atoms with Crippen LogP contribution in [0.4, 0.5) is 5.69 Å². The van der Waals surface area contributed by atoms with Gasteiger partial charge in [0, 0.05) is 102 Å². The van der Waals surface area contributed by atoms with Crippen LogP contribution in [0.15, 0.2) is 29.2 Å². The first-order valence-electron chi connectivity index (χ1n) is 14.4. The van der Waals surface area contributed by atoms with Crippen LogP contribution in [0.3, 0.4) is 0 Å². The van der Waals surface area contributed by atoms with Crippen molar-refractivity contribution in [2.45, 2.75) is 35.2 Å². The van der Waals surface area contributed by atoms with Gasteiger partial charge in [-0.05, 0) is 54.7 Å². The monoisotopic (exact) mass is 620 g/mol. The summed E-state index contributed by atoms with van der Waals surface area (Å²) in [6.07, 6.45) is 0.465. The molecule has 0 unspecified atom stereocenters. The molecule has 2 bridgehead atoms. The lowest BCUT2D eigenvalue weighted by Crippen LogP contribution is -2.68. The smallest absolute Gasteiger partial charge is 0.303 e. The minimum atomic E-state index is -0.895. The maximum absolute atomic E-state index is 12.8. The predicted octanol–water partition coefficient (Wildman–Crippen LogP) is -1.04. The summed E-state index contributed by atoms with van der Waals surface area (Å²) in [7, 11) is 0. The summed E-state index contributed by atoms with van der Waals surface area (Å²) in [5, 5.41) is 51.7. The van der Waals surface area contributed by atoms with Gasteiger partial charge in [0.1, 0.15) is 5.40 Å². The Hall–Kier alpha value is -2.55. The normalized spacial score (nSPS) is 24.4. The molecular formula is C27H44N10O3S2. The van der Waals surface area contributed by atoms with Crippen molar-refractivity contribution in [3.8, 4) is 5.40 Å². The lowest BCUT2D eigenvalue weighted by molar-refractivity contribution is -0.137. The lowest BCUT2D eigenvalue weighted by atomic mass is 9.97. The van der Waals surface area contributed by atoms with Crippen LogP contribution in [0.25, 0.3) is 0 Å². The Kier molecular flexibility index (Phi) is 14.7. The number of hydrogen-bond donors (Lipinski definition) is 10. The number of nitrogens with one attached hydrogen (secondary N) is 9. The molecule has 15 heteroatoms. The summed E-state index contributed by atoms with van der Waals surface area (Å²) < 4.78 is 0. The first-order valence-corrected chi connectivity index (χ1v) is 15.6. The van der Waals surface area contributed by atoms with Crippen molar-refractivity contribution in [3.63, 3.8) is 0 Å². The molecule has 3 fully saturated rings. The molecule has 4 rings (SSSR count). The first kappa shape index (κ1) is 33.9. The Morgan fingerprint density at radius 1 is 0.810 bits per heavy atom. The van der Waals surface area contributed by atoms with Crippen LogP contribution in [-0.4, -0.2) is 112 Å². The number of carboxylic acid groups (broad SMARTS) is 1. The average Bonchev–Trinajstić information content (AvgIpc) is 2.95. The van der Waals surface area contributed by atoms with Gasteiger partial charge in [-0.1, -0.05) is 0 Å². The van der Waals surface area contributed by atoms with Crippen molar-refractivity contribution < 1.29 is 14.7 Å². The Bertz CT molecular complexity index is 1010. The molecule has 3 saturated heterocycles. The van der Waals surface area contributed by atoms with Gasteiger partial charge in [0.25, 0.3) is 0 Å². The summed E-state index contributed by atoms with van der Waals surface area (Å²) >= 11 is 6.85. The second kappa shape index (κ2) is 18.2. The van der Waals surface area contributed by atoms with E-state index in [0.717, 1.165) is 22.3 Å². The van der Waals surface area contributed by atoms with Gasteiger partial charge in [-0.2, -0.15) is 5.26 Å². The molecule has 0 aromatic heterocycles. The second-order valence-electron chi connectivity index (χ2n) is 10.7. The number of amides is 1. The maximum atomic E-state index is 12.8. The molecule has 1 aromatic rings. The molecule has 10 N–H and O–H groups in total. The highest BCUT2D eigenvalue weighted by Crippen LogP contribution is 2.19. The van der Waals surface area contributed by atoms with E-state index in [9.17, 15) is 9.59 Å². The summed E-state index contributed by atoms with van der Waals surface area (Å²) in [4.78, 5) is 24.5. The van der Waals surface area contributed by atoms with Crippen molar-refractivity contribution >= 4 is 46.7 Å². The van der Waals surface area contributed by atoms with Gasteiger partial charge in [0.2, 0.25) is 5.91 Å². The molecule has 3 heterocycles. The van der Waals surface area contributed by atoms with Crippen LogP contribution in [0.1, 0.15) is 19.3 Å². The van der Waals surface area contributed by atoms with Crippen LogP contribution in [-0.2, 0) is 9.59 Å². The minimum absolute atomic E-state index is 0.0228. The second-order valence-corrected chi connectivity index (χ2v) is 12.0. The number of carboxylic acids is 1. The maximum Gasteiger partial charge on any atom is 0.303 e. The van der Waals surface area contributed by atoms with Gasteiger partial charge in [-0.25, -0.2) is 0 Å². The first-order chi connectivity index (χ1) is 20.3. The van der Waals surface area contributed by atoms with Crippen LogP contribution >= 0.6 is 24.0 Å². The van der Waals surface area contributed by atoms with E-state index in [1.165, 1.54) is 0 Å². The Morgan fingerprint density at radius 2 is 1.26 bits per heavy atom. The third-order valence-electron chi connectivity index (χ3n) is 7.07. The van der Waals surface area contributed by atoms with Gasteiger partial charge < -0.3 is 53.0 Å².